The zero-order valence-corrected chi connectivity index (χ0v) is 17.3. The van der Waals surface area contributed by atoms with Crippen molar-refractivity contribution in [2.24, 2.45) is 0 Å². The minimum Gasteiger partial charge on any atom is -0.206 e. The van der Waals surface area contributed by atoms with Crippen LogP contribution in [0, 0.1) is 13.0 Å². The molecule has 0 nitrogen and oxygen atoms in total. The average Bonchev–Trinajstić information content (AvgIpc) is 2.46. The fourth-order valence-corrected chi connectivity index (χ4v) is 5.48. The molecule has 0 heterocycles. The lowest BCUT2D eigenvalue weighted by molar-refractivity contribution is -0.330. The third kappa shape index (κ3) is 4.23. The Morgan fingerprint density at radius 2 is 1.42 bits per heavy atom. The maximum absolute atomic E-state index is 14.1. The first kappa shape index (κ1) is 22.0. The van der Waals surface area contributed by atoms with Gasteiger partial charge < -0.3 is 0 Å². The van der Waals surface area contributed by atoms with Gasteiger partial charge in [-0.15, -0.1) is 0 Å². The Kier molecular flexibility index (Phi) is 6.43. The molecule has 0 fully saturated rings. The fourth-order valence-electron chi connectivity index (χ4n) is 1.92. The van der Waals surface area contributed by atoms with Crippen molar-refractivity contribution in [1.82, 2.24) is 0 Å². The summed E-state index contributed by atoms with van der Waals surface area (Å²) in [5, 5.41) is -5.49. The summed E-state index contributed by atoms with van der Waals surface area (Å²) in [6, 6.07) is 7.45. The van der Waals surface area contributed by atoms with Gasteiger partial charge in [-0.2, -0.15) is 30.7 Å². The summed E-state index contributed by atoms with van der Waals surface area (Å²) in [7, 11) is 0. The molecule has 0 saturated heterocycles. The van der Waals surface area contributed by atoms with Crippen LogP contribution in [-0.4, -0.2) is 17.4 Å². The number of halogens is 10. The van der Waals surface area contributed by atoms with E-state index in [9.17, 15) is 35.1 Å². The molecule has 0 atom stereocenters. The molecule has 0 aromatic heterocycles. The SMILES string of the molecule is Fc1ccccc1-c1c(I)cc(I)cc1SC(F)(F)C(F)(F)C(F)(F)F. The zero-order valence-electron chi connectivity index (χ0n) is 12.2. The second kappa shape index (κ2) is 7.60. The number of thioether (sulfide) groups is 1. The van der Waals surface area contributed by atoms with Crippen LogP contribution in [0.1, 0.15) is 0 Å². The van der Waals surface area contributed by atoms with Crippen LogP contribution >= 0.6 is 56.9 Å². The van der Waals surface area contributed by atoms with Crippen LogP contribution in [0.4, 0.5) is 35.1 Å². The van der Waals surface area contributed by atoms with E-state index in [1.807, 2.05) is 0 Å². The summed E-state index contributed by atoms with van der Waals surface area (Å²) >= 11 is 2.44. The van der Waals surface area contributed by atoms with Gasteiger partial charge in [-0.05, 0) is 75.1 Å². The highest BCUT2D eigenvalue weighted by Crippen LogP contribution is 2.55. The molecule has 26 heavy (non-hydrogen) atoms. The lowest BCUT2D eigenvalue weighted by Gasteiger charge is -2.28. The number of hydrogen-bond donors (Lipinski definition) is 0. The predicted molar refractivity (Wildman–Crippen MR) is 99.1 cm³/mol. The third-order valence-corrected chi connectivity index (χ3v) is 5.65. The molecule has 0 aliphatic heterocycles. The molecule has 2 rings (SSSR count). The summed E-state index contributed by atoms with van der Waals surface area (Å²) in [5.74, 6) is -7.08. The van der Waals surface area contributed by atoms with Gasteiger partial charge in [0, 0.05) is 23.2 Å². The molecule has 0 unspecified atom stereocenters. The second-order valence-electron chi connectivity index (χ2n) is 4.93. The van der Waals surface area contributed by atoms with Crippen molar-refractivity contribution in [3.8, 4) is 11.1 Å². The largest absolute Gasteiger partial charge is 0.460 e. The van der Waals surface area contributed by atoms with Crippen molar-refractivity contribution in [2.45, 2.75) is 22.2 Å². The molecule has 142 valence electrons. The van der Waals surface area contributed by atoms with Gasteiger partial charge in [0.2, 0.25) is 0 Å². The van der Waals surface area contributed by atoms with Gasteiger partial charge in [0.05, 0.1) is 0 Å². The minimum atomic E-state index is -6.43. The summed E-state index contributed by atoms with van der Waals surface area (Å²) in [6.07, 6.45) is -6.43. The van der Waals surface area contributed by atoms with Crippen LogP contribution in [0.2, 0.25) is 0 Å². The van der Waals surface area contributed by atoms with Crippen molar-refractivity contribution in [3.63, 3.8) is 0 Å². The monoisotopic (exact) mass is 624 g/mol. The van der Waals surface area contributed by atoms with E-state index in [0.717, 1.165) is 12.1 Å². The van der Waals surface area contributed by atoms with E-state index in [4.69, 9.17) is 0 Å². The van der Waals surface area contributed by atoms with Gasteiger partial charge in [-0.3, -0.25) is 0 Å². The summed E-state index contributed by atoms with van der Waals surface area (Å²) in [5.41, 5.74) is -0.353. The molecule has 0 bridgehead atoms. The van der Waals surface area contributed by atoms with E-state index < -0.39 is 39.8 Å². The topological polar surface area (TPSA) is 0 Å². The van der Waals surface area contributed by atoms with Crippen LogP contribution in [0.3, 0.4) is 0 Å². The van der Waals surface area contributed by atoms with Crippen molar-refractivity contribution >= 4 is 56.9 Å². The second-order valence-corrected chi connectivity index (χ2v) is 8.50. The Labute approximate surface area is 174 Å². The Morgan fingerprint density at radius 1 is 0.846 bits per heavy atom. The summed E-state index contributed by atoms with van der Waals surface area (Å²) in [6.45, 7) is 0. The van der Waals surface area contributed by atoms with Crippen LogP contribution in [-0.2, 0) is 0 Å². The molecule has 0 aliphatic carbocycles. The molecule has 0 saturated carbocycles. The highest BCUT2D eigenvalue weighted by atomic mass is 127. The molecule has 2 aromatic rings. The molecule has 0 N–H and O–H groups in total. The highest BCUT2D eigenvalue weighted by Gasteiger charge is 2.73. The van der Waals surface area contributed by atoms with Crippen LogP contribution in [0.15, 0.2) is 41.3 Å². The molecule has 0 radical (unpaired) electrons. The van der Waals surface area contributed by atoms with Crippen LogP contribution < -0.4 is 0 Å². The number of benzene rings is 2. The van der Waals surface area contributed by atoms with Gasteiger partial charge in [0.25, 0.3) is 0 Å². The fraction of sp³-hybridized carbons (Fsp3) is 0.200. The smallest absolute Gasteiger partial charge is 0.206 e. The molecule has 0 spiro atoms. The lowest BCUT2D eigenvalue weighted by Crippen LogP contribution is -2.49. The highest BCUT2D eigenvalue weighted by molar-refractivity contribution is 14.1. The van der Waals surface area contributed by atoms with Crippen molar-refractivity contribution in [2.75, 3.05) is 0 Å². The van der Waals surface area contributed by atoms with E-state index in [1.165, 1.54) is 24.3 Å². The zero-order chi connectivity index (χ0) is 19.9. The van der Waals surface area contributed by atoms with E-state index in [2.05, 4.69) is 0 Å². The standard InChI is InChI=1S/C15H6F8I2S/c16-9-4-2-1-3-8(9)12-10(25)5-7(24)6-11(12)26-15(22,23)13(17,18)14(19,20)21/h1-6H. The van der Waals surface area contributed by atoms with Crippen molar-refractivity contribution in [3.05, 3.63) is 49.4 Å². The number of alkyl halides is 7. The molecular weight excluding hydrogens is 618 g/mol. The molecular formula is C15H6F8I2S. The van der Waals surface area contributed by atoms with Gasteiger partial charge in [-0.1, -0.05) is 18.2 Å². The minimum absolute atomic E-state index is 0.174. The Hall–Kier alpha value is -0.310. The van der Waals surface area contributed by atoms with E-state index in [-0.39, 0.29) is 14.7 Å². The van der Waals surface area contributed by atoms with Gasteiger partial charge in [0.1, 0.15) is 5.82 Å². The first-order chi connectivity index (χ1) is 11.8. The Balaban J connectivity index is 2.63. The first-order valence-corrected chi connectivity index (χ1v) is 9.50. The maximum Gasteiger partial charge on any atom is 0.460 e. The van der Waals surface area contributed by atoms with E-state index in [0.29, 0.717) is 3.57 Å². The predicted octanol–water partition coefficient (Wildman–Crippen LogP) is 7.58. The quantitative estimate of drug-likeness (QED) is 0.192. The first-order valence-electron chi connectivity index (χ1n) is 6.53. The van der Waals surface area contributed by atoms with Crippen LogP contribution in [0.25, 0.3) is 11.1 Å². The summed E-state index contributed by atoms with van der Waals surface area (Å²) in [4.78, 5) is -0.583. The Bertz CT molecular complexity index is 820. The summed E-state index contributed by atoms with van der Waals surface area (Å²) < 4.78 is 106. The molecule has 0 amide bonds. The van der Waals surface area contributed by atoms with Crippen molar-refractivity contribution < 1.29 is 35.1 Å². The average molecular weight is 624 g/mol. The van der Waals surface area contributed by atoms with E-state index >= 15 is 0 Å². The molecule has 11 heteroatoms. The van der Waals surface area contributed by atoms with E-state index in [1.54, 1.807) is 45.2 Å². The van der Waals surface area contributed by atoms with Crippen LogP contribution in [0.5, 0.6) is 0 Å². The Morgan fingerprint density at radius 3 is 1.96 bits per heavy atom. The maximum atomic E-state index is 14.1. The number of rotatable bonds is 4. The number of hydrogen-bond acceptors (Lipinski definition) is 1. The molecule has 0 aliphatic rings. The lowest BCUT2D eigenvalue weighted by atomic mass is 10.1. The molecule has 2 aromatic carbocycles. The van der Waals surface area contributed by atoms with Gasteiger partial charge in [-0.25, -0.2) is 4.39 Å². The normalized spacial score (nSPS) is 13.2. The van der Waals surface area contributed by atoms with Gasteiger partial charge in [0.15, 0.2) is 0 Å². The van der Waals surface area contributed by atoms with Crippen molar-refractivity contribution in [1.29, 1.82) is 0 Å². The van der Waals surface area contributed by atoms with Gasteiger partial charge >= 0.3 is 17.4 Å². The third-order valence-electron chi connectivity index (χ3n) is 3.12.